The Hall–Kier alpha value is -1.14. The van der Waals surface area contributed by atoms with Gasteiger partial charge in [-0.1, -0.05) is 0 Å². The Morgan fingerprint density at radius 3 is 2.77 bits per heavy atom. The van der Waals surface area contributed by atoms with Crippen LogP contribution in [0, 0.1) is 19.8 Å². The molecule has 3 rings (SSSR count). The van der Waals surface area contributed by atoms with Crippen molar-refractivity contribution < 1.29 is 0 Å². The highest BCUT2D eigenvalue weighted by molar-refractivity contribution is 7.11. The number of nitrogens with one attached hydrogen (secondary N) is 2. The molecule has 1 aromatic rings. The summed E-state index contributed by atoms with van der Waals surface area (Å²) in [6.45, 7) is 8.47. The lowest BCUT2D eigenvalue weighted by atomic mass is 10.1. The first kappa shape index (κ1) is 15.7. The van der Waals surface area contributed by atoms with Crippen molar-refractivity contribution in [3.8, 4) is 0 Å². The predicted molar refractivity (Wildman–Crippen MR) is 92.5 cm³/mol. The second-order valence-electron chi connectivity index (χ2n) is 6.44. The molecule has 1 aliphatic heterocycles. The number of thiazole rings is 1. The van der Waals surface area contributed by atoms with E-state index in [1.165, 1.54) is 37.2 Å². The zero-order valence-corrected chi connectivity index (χ0v) is 14.7. The van der Waals surface area contributed by atoms with Crippen molar-refractivity contribution in [2.45, 2.75) is 45.7 Å². The summed E-state index contributed by atoms with van der Waals surface area (Å²) in [4.78, 5) is 12.8. The van der Waals surface area contributed by atoms with E-state index in [-0.39, 0.29) is 0 Å². The van der Waals surface area contributed by atoms with Crippen molar-refractivity contribution in [3.63, 3.8) is 0 Å². The highest BCUT2D eigenvalue weighted by Gasteiger charge is 2.34. The number of nitrogens with zero attached hydrogens (tertiary/aromatic N) is 3. The maximum atomic E-state index is 4.56. The Balaban J connectivity index is 1.40. The largest absolute Gasteiger partial charge is 0.356 e. The molecule has 5 nitrogen and oxygen atoms in total. The van der Waals surface area contributed by atoms with E-state index in [1.54, 1.807) is 11.3 Å². The highest BCUT2D eigenvalue weighted by atomic mass is 32.1. The Kier molecular flexibility index (Phi) is 4.98. The second-order valence-corrected chi connectivity index (χ2v) is 7.72. The lowest BCUT2D eigenvalue weighted by molar-refractivity contribution is 0.314. The molecular formula is C16H27N5S. The lowest BCUT2D eigenvalue weighted by Gasteiger charge is -2.16. The molecule has 2 N–H and O–H groups in total. The predicted octanol–water partition coefficient (Wildman–Crippen LogP) is 1.91. The number of hydrogen-bond donors (Lipinski definition) is 2. The van der Waals surface area contributed by atoms with Crippen LogP contribution in [-0.4, -0.2) is 48.6 Å². The van der Waals surface area contributed by atoms with Crippen molar-refractivity contribution in [2.24, 2.45) is 10.9 Å². The van der Waals surface area contributed by atoms with E-state index in [2.05, 4.69) is 39.4 Å². The number of aliphatic imine (C=N–C) groups is 1. The van der Waals surface area contributed by atoms with Crippen LogP contribution in [0.2, 0.25) is 0 Å². The normalized spacial score (nSPS) is 23.0. The van der Waals surface area contributed by atoms with E-state index in [0.29, 0.717) is 0 Å². The van der Waals surface area contributed by atoms with Gasteiger partial charge in [0.05, 0.1) is 12.2 Å². The first-order valence-corrected chi connectivity index (χ1v) is 9.09. The van der Waals surface area contributed by atoms with E-state index in [0.717, 1.165) is 41.7 Å². The van der Waals surface area contributed by atoms with Gasteiger partial charge in [-0.15, -0.1) is 11.3 Å². The number of aromatic nitrogens is 1. The van der Waals surface area contributed by atoms with Gasteiger partial charge in [0, 0.05) is 31.1 Å². The summed E-state index contributed by atoms with van der Waals surface area (Å²) in [6.07, 6.45) is 4.14. The van der Waals surface area contributed by atoms with Gasteiger partial charge in [0.15, 0.2) is 5.96 Å². The van der Waals surface area contributed by atoms with Crippen LogP contribution >= 0.6 is 11.3 Å². The van der Waals surface area contributed by atoms with Crippen molar-refractivity contribution >= 4 is 17.3 Å². The summed E-state index contributed by atoms with van der Waals surface area (Å²) >= 11 is 1.76. The molecule has 1 unspecified atom stereocenters. The first-order chi connectivity index (χ1) is 10.7. The molecule has 0 bridgehead atoms. The fourth-order valence-electron chi connectivity index (χ4n) is 3.04. The van der Waals surface area contributed by atoms with Gasteiger partial charge in [-0.25, -0.2) is 4.98 Å². The van der Waals surface area contributed by atoms with Gasteiger partial charge >= 0.3 is 0 Å². The molecule has 1 saturated carbocycles. The van der Waals surface area contributed by atoms with Crippen LogP contribution in [0.15, 0.2) is 4.99 Å². The summed E-state index contributed by atoms with van der Waals surface area (Å²) in [5, 5.41) is 7.97. The summed E-state index contributed by atoms with van der Waals surface area (Å²) in [5.41, 5.74) is 1.14. The number of hydrogen-bond acceptors (Lipinski definition) is 4. The number of likely N-dealkylation sites (tertiary alicyclic amines) is 1. The summed E-state index contributed by atoms with van der Waals surface area (Å²) in [5.74, 6) is 1.64. The molecule has 1 saturated heterocycles. The van der Waals surface area contributed by atoms with Crippen molar-refractivity contribution in [2.75, 3.05) is 26.7 Å². The maximum Gasteiger partial charge on any atom is 0.191 e. The number of rotatable bonds is 5. The molecule has 0 spiro atoms. The molecule has 0 radical (unpaired) electrons. The fraction of sp³-hybridized carbons (Fsp3) is 0.750. The minimum atomic E-state index is 0.748. The van der Waals surface area contributed by atoms with E-state index < -0.39 is 0 Å². The number of aryl methyl sites for hydroxylation is 2. The van der Waals surface area contributed by atoms with Gasteiger partial charge in [0.2, 0.25) is 0 Å². The third-order valence-corrected chi connectivity index (χ3v) is 5.72. The van der Waals surface area contributed by atoms with Crippen LogP contribution in [0.25, 0.3) is 0 Å². The molecule has 6 heteroatoms. The van der Waals surface area contributed by atoms with Gasteiger partial charge in [-0.2, -0.15) is 0 Å². The van der Waals surface area contributed by atoms with Crippen molar-refractivity contribution in [1.82, 2.24) is 20.5 Å². The number of guanidine groups is 1. The highest BCUT2D eigenvalue weighted by Crippen LogP contribution is 2.31. The van der Waals surface area contributed by atoms with Gasteiger partial charge in [-0.3, -0.25) is 4.99 Å². The Bertz CT molecular complexity index is 515. The van der Waals surface area contributed by atoms with Crippen LogP contribution in [-0.2, 0) is 6.54 Å². The first-order valence-electron chi connectivity index (χ1n) is 8.27. The molecule has 2 fully saturated rings. The van der Waals surface area contributed by atoms with E-state index in [9.17, 15) is 0 Å². The molecule has 1 atom stereocenters. The lowest BCUT2D eigenvalue weighted by Crippen LogP contribution is -2.40. The topological polar surface area (TPSA) is 52.6 Å². The van der Waals surface area contributed by atoms with Crippen LogP contribution in [0.5, 0.6) is 0 Å². The second kappa shape index (κ2) is 6.96. The third-order valence-electron chi connectivity index (χ3n) is 4.64. The van der Waals surface area contributed by atoms with Gasteiger partial charge < -0.3 is 15.5 Å². The molecular weight excluding hydrogens is 294 g/mol. The van der Waals surface area contributed by atoms with E-state index in [1.807, 2.05) is 7.05 Å². The van der Waals surface area contributed by atoms with Gasteiger partial charge in [-0.05, 0) is 45.6 Å². The zero-order chi connectivity index (χ0) is 15.5. The van der Waals surface area contributed by atoms with Gasteiger partial charge in [0.1, 0.15) is 5.01 Å². The maximum absolute atomic E-state index is 4.56. The summed E-state index contributed by atoms with van der Waals surface area (Å²) in [7, 11) is 1.83. The quantitative estimate of drug-likeness (QED) is 0.642. The Morgan fingerprint density at radius 2 is 2.14 bits per heavy atom. The monoisotopic (exact) mass is 321 g/mol. The summed E-state index contributed by atoms with van der Waals surface area (Å²) in [6, 6.07) is 0.902. The minimum Gasteiger partial charge on any atom is -0.356 e. The molecule has 0 amide bonds. The average molecular weight is 321 g/mol. The fourth-order valence-corrected chi connectivity index (χ4v) is 3.91. The van der Waals surface area contributed by atoms with Crippen LogP contribution in [0.3, 0.4) is 0 Å². The molecule has 1 aromatic heterocycles. The van der Waals surface area contributed by atoms with E-state index >= 15 is 0 Å². The van der Waals surface area contributed by atoms with Crippen LogP contribution in [0.4, 0.5) is 0 Å². The molecule has 2 aliphatic rings. The van der Waals surface area contributed by atoms with Gasteiger partial charge in [0.25, 0.3) is 0 Å². The molecule has 122 valence electrons. The molecule has 22 heavy (non-hydrogen) atoms. The van der Waals surface area contributed by atoms with Crippen LogP contribution < -0.4 is 10.6 Å². The van der Waals surface area contributed by atoms with Crippen molar-refractivity contribution in [3.05, 3.63) is 15.6 Å². The SMILES string of the molecule is CN=C(NCc1nc(C)c(C)s1)NCC1CCN(C2CC2)C1. The third kappa shape index (κ3) is 3.98. The van der Waals surface area contributed by atoms with Crippen molar-refractivity contribution in [1.29, 1.82) is 0 Å². The zero-order valence-electron chi connectivity index (χ0n) is 13.9. The Morgan fingerprint density at radius 1 is 1.32 bits per heavy atom. The Labute approximate surface area is 137 Å². The molecule has 0 aromatic carbocycles. The van der Waals surface area contributed by atoms with Crippen LogP contribution in [0.1, 0.15) is 34.8 Å². The standard InChI is InChI=1S/C16H27N5S/c1-11-12(2)22-15(20-11)9-19-16(17-3)18-8-13-6-7-21(10-13)14-4-5-14/h13-14H,4-10H2,1-3H3,(H2,17,18,19). The molecule has 1 aliphatic carbocycles. The minimum absolute atomic E-state index is 0.748. The van der Waals surface area contributed by atoms with E-state index in [4.69, 9.17) is 0 Å². The molecule has 2 heterocycles. The summed E-state index contributed by atoms with van der Waals surface area (Å²) < 4.78 is 0. The average Bonchev–Trinajstić information content (AvgIpc) is 3.17. The smallest absolute Gasteiger partial charge is 0.191 e.